The number of nitrogens with one attached hydrogen (secondary N) is 1. The summed E-state index contributed by atoms with van der Waals surface area (Å²) in [6.45, 7) is 17.2. The van der Waals surface area contributed by atoms with Crippen LogP contribution in [0.25, 0.3) is 11.1 Å². The summed E-state index contributed by atoms with van der Waals surface area (Å²) in [6, 6.07) is 21.8. The van der Waals surface area contributed by atoms with Gasteiger partial charge in [-0.05, 0) is 139 Å². The Kier molecular flexibility index (Phi) is 13.9. The van der Waals surface area contributed by atoms with Crippen molar-refractivity contribution in [1.29, 1.82) is 0 Å². The number of ether oxygens (including phenoxy) is 4. The van der Waals surface area contributed by atoms with Crippen molar-refractivity contribution in [2.24, 2.45) is 23.2 Å². The number of allylic oxidation sites excluding steroid dienone is 6. The minimum atomic E-state index is -0.201. The van der Waals surface area contributed by atoms with Crippen LogP contribution in [0.4, 0.5) is 5.69 Å². The molecule has 0 unspecified atom stereocenters. The Morgan fingerprint density at radius 3 is 1.88 bits per heavy atom. The first-order valence-electron chi connectivity index (χ1n) is 22.1. The molecule has 1 N–H and O–H groups in total. The minimum Gasteiger partial charge on any atom is -0.491 e. The molecule has 3 aromatic rings. The van der Waals surface area contributed by atoms with Crippen LogP contribution in [0.2, 0.25) is 0 Å². The summed E-state index contributed by atoms with van der Waals surface area (Å²) >= 11 is 0. The quantitative estimate of drug-likeness (QED) is 0.0742. The molecule has 0 atom stereocenters. The molecular weight excluding hydrogens is 719 g/mol. The van der Waals surface area contributed by atoms with Crippen LogP contribution < -0.4 is 10.1 Å². The zero-order valence-corrected chi connectivity index (χ0v) is 35.9. The number of rotatable bonds is 19. The van der Waals surface area contributed by atoms with Gasteiger partial charge in [0.15, 0.2) is 0 Å². The second-order valence-electron chi connectivity index (χ2n) is 18.3. The third kappa shape index (κ3) is 10.3. The molecule has 4 bridgehead atoms. The van der Waals surface area contributed by atoms with Gasteiger partial charge in [0, 0.05) is 42.4 Å². The van der Waals surface area contributed by atoms with Crippen LogP contribution in [0.3, 0.4) is 0 Å². The topological polar surface area (TPSA) is 66.0 Å². The van der Waals surface area contributed by atoms with Crippen molar-refractivity contribution >= 4 is 22.8 Å². The van der Waals surface area contributed by atoms with Gasteiger partial charge in [0.1, 0.15) is 30.6 Å². The number of carbonyl (C=O) groups is 1. The molecule has 58 heavy (non-hydrogen) atoms. The smallest absolute Gasteiger partial charge is 0.312 e. The lowest BCUT2D eigenvalue weighted by Gasteiger charge is -2.55. The predicted octanol–water partition coefficient (Wildman–Crippen LogP) is 12.1. The van der Waals surface area contributed by atoms with E-state index in [1.54, 1.807) is 0 Å². The molecule has 5 aliphatic rings. The predicted molar refractivity (Wildman–Crippen MR) is 236 cm³/mol. The van der Waals surface area contributed by atoms with E-state index in [-0.39, 0.29) is 11.4 Å². The normalized spacial score (nSPS) is 22.2. The average Bonchev–Trinajstić information content (AvgIpc) is 3.47. The molecule has 4 saturated carbocycles. The Bertz CT molecular complexity index is 1870. The van der Waals surface area contributed by atoms with Crippen LogP contribution >= 0.6 is 0 Å². The SMILES string of the molecule is CC(C)c1cc(C(C)C)c(CNc2ccc(C3=[C+]C=C(c4ccc(OCCOCCOCCOC(=O)C56CC7CC(CC(C7)C5)C6)cc4)C=CC3)cc2)c(C(C)C)c1. The molecule has 5 aliphatic carbocycles. The molecule has 6 heteroatoms. The van der Waals surface area contributed by atoms with Crippen molar-refractivity contribution in [2.75, 3.05) is 45.0 Å². The van der Waals surface area contributed by atoms with Gasteiger partial charge in [0.05, 0.1) is 43.0 Å². The van der Waals surface area contributed by atoms with Gasteiger partial charge >= 0.3 is 5.97 Å². The van der Waals surface area contributed by atoms with E-state index in [1.165, 1.54) is 52.7 Å². The van der Waals surface area contributed by atoms with Gasteiger partial charge < -0.3 is 24.3 Å². The third-order valence-corrected chi connectivity index (χ3v) is 13.0. The standard InChI is InChI=1S/C52H66NO5/c1-35(2)45-29-48(36(3)4)50(49(30-45)37(5)6)34-53-46-16-12-43(13-17-46)41-8-7-9-42(11-10-41)44-14-18-47(19-15-44)57-24-22-55-20-21-56-23-25-58-51(54)52-31-38-26-39(32-52)28-40(27-38)33-52/h7,9,11-19,29-30,35-40,53H,8,20-28,31-34H2,1-6H3/q+1. The molecule has 4 fully saturated rings. The van der Waals surface area contributed by atoms with Crippen LogP contribution in [0.5, 0.6) is 5.75 Å². The maximum absolute atomic E-state index is 13.0. The van der Waals surface area contributed by atoms with Crippen molar-refractivity contribution in [3.8, 4) is 5.75 Å². The van der Waals surface area contributed by atoms with Crippen LogP contribution in [0.15, 0.2) is 78.9 Å². The third-order valence-electron chi connectivity index (χ3n) is 13.0. The molecule has 0 aliphatic heterocycles. The van der Waals surface area contributed by atoms with Crippen LogP contribution in [0, 0.1) is 29.2 Å². The lowest BCUT2D eigenvalue weighted by atomic mass is 9.49. The number of esters is 1. The van der Waals surface area contributed by atoms with E-state index >= 15 is 0 Å². The molecule has 0 spiro atoms. The van der Waals surface area contributed by atoms with E-state index < -0.39 is 0 Å². The van der Waals surface area contributed by atoms with Crippen molar-refractivity contribution < 1.29 is 23.7 Å². The Hall–Kier alpha value is -4.22. The van der Waals surface area contributed by atoms with Crippen LogP contribution in [-0.2, 0) is 25.5 Å². The summed E-state index contributed by atoms with van der Waals surface area (Å²) in [5.74, 6) is 4.51. The highest BCUT2D eigenvalue weighted by Crippen LogP contribution is 2.60. The van der Waals surface area contributed by atoms with Gasteiger partial charge in [-0.3, -0.25) is 4.79 Å². The van der Waals surface area contributed by atoms with Gasteiger partial charge in [-0.1, -0.05) is 59.8 Å². The van der Waals surface area contributed by atoms with Crippen molar-refractivity contribution in [3.05, 3.63) is 118 Å². The van der Waals surface area contributed by atoms with Gasteiger partial charge in [-0.25, -0.2) is 0 Å². The van der Waals surface area contributed by atoms with Crippen molar-refractivity contribution in [2.45, 2.75) is 111 Å². The Balaban J connectivity index is 0.811. The van der Waals surface area contributed by atoms with Gasteiger partial charge in [0.25, 0.3) is 0 Å². The molecule has 3 aromatic carbocycles. The lowest BCUT2D eigenvalue weighted by Crippen LogP contribution is -2.50. The number of hydrogen-bond donors (Lipinski definition) is 1. The highest BCUT2D eigenvalue weighted by molar-refractivity contribution is 5.80. The molecule has 0 amide bonds. The highest BCUT2D eigenvalue weighted by atomic mass is 16.6. The summed E-state index contributed by atoms with van der Waals surface area (Å²) in [7, 11) is 0. The van der Waals surface area contributed by atoms with Gasteiger partial charge in [0.2, 0.25) is 0 Å². The maximum Gasteiger partial charge on any atom is 0.312 e. The zero-order valence-electron chi connectivity index (χ0n) is 35.9. The summed E-state index contributed by atoms with van der Waals surface area (Å²) in [6.07, 6.45) is 18.0. The van der Waals surface area contributed by atoms with E-state index in [9.17, 15) is 4.79 Å². The fourth-order valence-electron chi connectivity index (χ4n) is 10.2. The highest BCUT2D eigenvalue weighted by Gasteiger charge is 2.55. The molecule has 0 radical (unpaired) electrons. The molecular formula is C52H66NO5+. The number of carbonyl (C=O) groups excluding carboxylic acids is 1. The number of hydrogen-bond acceptors (Lipinski definition) is 6. The van der Waals surface area contributed by atoms with E-state index in [0.29, 0.717) is 57.4 Å². The maximum atomic E-state index is 13.0. The Morgan fingerprint density at radius 1 is 0.724 bits per heavy atom. The summed E-state index contributed by atoms with van der Waals surface area (Å²) in [5.41, 5.74) is 11.3. The largest absolute Gasteiger partial charge is 0.491 e. The molecule has 0 saturated heterocycles. The van der Waals surface area contributed by atoms with E-state index in [2.05, 4.69) is 120 Å². The monoisotopic (exact) mass is 784 g/mol. The molecule has 6 nitrogen and oxygen atoms in total. The molecule has 0 heterocycles. The first kappa shape index (κ1) is 41.9. The first-order valence-corrected chi connectivity index (χ1v) is 22.1. The van der Waals surface area contributed by atoms with E-state index in [1.807, 2.05) is 12.1 Å². The summed E-state index contributed by atoms with van der Waals surface area (Å²) < 4.78 is 23.0. The second kappa shape index (κ2) is 19.2. The fraction of sp³-hybridized carbons (Fsp3) is 0.519. The molecule has 308 valence electrons. The average molecular weight is 785 g/mol. The van der Waals surface area contributed by atoms with Gasteiger partial charge in [-0.2, -0.15) is 0 Å². The first-order chi connectivity index (χ1) is 28.1. The van der Waals surface area contributed by atoms with Crippen molar-refractivity contribution in [3.63, 3.8) is 0 Å². The second-order valence-corrected chi connectivity index (χ2v) is 18.3. The van der Waals surface area contributed by atoms with Crippen LogP contribution in [-0.4, -0.2) is 45.6 Å². The molecule has 8 rings (SSSR count). The lowest BCUT2D eigenvalue weighted by molar-refractivity contribution is -0.173. The minimum absolute atomic E-state index is 0.0220. The van der Waals surface area contributed by atoms with Crippen molar-refractivity contribution in [1.82, 2.24) is 0 Å². The summed E-state index contributed by atoms with van der Waals surface area (Å²) in [4.78, 5) is 13.0. The van der Waals surface area contributed by atoms with E-state index in [0.717, 1.165) is 72.6 Å². The molecule has 0 aromatic heterocycles. The Labute approximate surface area is 348 Å². The van der Waals surface area contributed by atoms with E-state index in [4.69, 9.17) is 18.9 Å². The Morgan fingerprint density at radius 2 is 1.29 bits per heavy atom. The van der Waals surface area contributed by atoms with Crippen LogP contribution in [0.1, 0.15) is 138 Å². The number of anilines is 1. The fourth-order valence-corrected chi connectivity index (χ4v) is 10.2. The van der Waals surface area contributed by atoms with Gasteiger partial charge in [-0.15, -0.1) is 0 Å². The summed E-state index contributed by atoms with van der Waals surface area (Å²) in [5, 5.41) is 3.73. The zero-order chi connectivity index (χ0) is 40.6. The number of benzene rings is 3.